The van der Waals surface area contributed by atoms with Gasteiger partial charge < -0.3 is 14.0 Å². The zero-order valence-electron chi connectivity index (χ0n) is 16.2. The van der Waals surface area contributed by atoms with Crippen LogP contribution in [0.4, 0.5) is 0 Å². The van der Waals surface area contributed by atoms with Gasteiger partial charge >= 0.3 is 0 Å². The maximum absolute atomic E-state index is 12.8. The summed E-state index contributed by atoms with van der Waals surface area (Å²) in [6.45, 7) is 9.10. The normalized spacial score (nSPS) is 14.6. The number of hydrogen-bond acceptors (Lipinski definition) is 4. The Kier molecular flexibility index (Phi) is 4.68. The molecule has 0 atom stereocenters. The van der Waals surface area contributed by atoms with Crippen molar-refractivity contribution in [3.8, 4) is 0 Å². The van der Waals surface area contributed by atoms with Crippen molar-refractivity contribution in [2.45, 2.75) is 52.6 Å². The van der Waals surface area contributed by atoms with Crippen molar-refractivity contribution in [1.82, 2.24) is 29.2 Å². The molecule has 0 N–H and O–H groups in total. The lowest BCUT2D eigenvalue weighted by Crippen LogP contribution is -2.34. The highest BCUT2D eigenvalue weighted by Gasteiger charge is 2.22. The van der Waals surface area contributed by atoms with E-state index in [9.17, 15) is 4.79 Å². The molecule has 0 unspecified atom stereocenters. The van der Waals surface area contributed by atoms with Crippen LogP contribution in [0.2, 0.25) is 0 Å². The van der Waals surface area contributed by atoms with E-state index in [2.05, 4.69) is 44.2 Å². The summed E-state index contributed by atoms with van der Waals surface area (Å²) in [6.07, 6.45) is 1.25. The maximum atomic E-state index is 12.8. The molecule has 3 heterocycles. The van der Waals surface area contributed by atoms with Gasteiger partial charge in [0.25, 0.3) is 0 Å². The van der Waals surface area contributed by atoms with Crippen LogP contribution in [0.1, 0.15) is 43.7 Å². The van der Waals surface area contributed by atoms with Gasteiger partial charge in [-0.3, -0.25) is 4.79 Å². The van der Waals surface area contributed by atoms with Crippen LogP contribution >= 0.6 is 0 Å². The Bertz CT molecular complexity index is 970. The van der Waals surface area contributed by atoms with Gasteiger partial charge in [0, 0.05) is 44.9 Å². The molecule has 0 bridgehead atoms. The van der Waals surface area contributed by atoms with E-state index in [0.29, 0.717) is 32.0 Å². The van der Waals surface area contributed by atoms with E-state index in [0.717, 1.165) is 41.5 Å². The highest BCUT2D eigenvalue weighted by atomic mass is 16.2. The fraction of sp³-hybridized carbons (Fsp3) is 0.500. The summed E-state index contributed by atoms with van der Waals surface area (Å²) >= 11 is 0. The molecule has 142 valence electrons. The number of carbonyl (C=O) groups excluding carboxylic acids is 1. The highest BCUT2D eigenvalue weighted by molar-refractivity contribution is 5.78. The standard InChI is InChI=1S/C20H26N6O/c1-14(2)20-23-22-18-8-10-24(12-13-26(18)20)19(27)9-11-25-15(3)21-16-6-4-5-7-17(16)25/h4-7,14H,8-13H2,1-3H3. The molecular weight excluding hydrogens is 340 g/mol. The second-order valence-electron chi connectivity index (χ2n) is 7.46. The van der Waals surface area contributed by atoms with Gasteiger partial charge in [0.2, 0.25) is 5.91 Å². The highest BCUT2D eigenvalue weighted by Crippen LogP contribution is 2.18. The summed E-state index contributed by atoms with van der Waals surface area (Å²) in [5.74, 6) is 3.49. The monoisotopic (exact) mass is 366 g/mol. The molecule has 7 heteroatoms. The summed E-state index contributed by atoms with van der Waals surface area (Å²) < 4.78 is 4.32. The minimum atomic E-state index is 0.192. The molecule has 2 aromatic heterocycles. The van der Waals surface area contributed by atoms with Gasteiger partial charge in [0.05, 0.1) is 11.0 Å². The quantitative estimate of drug-likeness (QED) is 0.711. The van der Waals surface area contributed by atoms with Gasteiger partial charge in [0.15, 0.2) is 0 Å². The topological polar surface area (TPSA) is 68.8 Å². The lowest BCUT2D eigenvalue weighted by molar-refractivity contribution is -0.131. The van der Waals surface area contributed by atoms with Crippen LogP contribution in [-0.4, -0.2) is 48.2 Å². The SMILES string of the molecule is Cc1nc2ccccc2n1CCC(=O)N1CCc2nnc(C(C)C)n2CC1. The second-order valence-corrected chi connectivity index (χ2v) is 7.46. The summed E-state index contributed by atoms with van der Waals surface area (Å²) in [5.41, 5.74) is 2.07. The molecule has 0 saturated heterocycles. The number of hydrogen-bond donors (Lipinski definition) is 0. The Morgan fingerprint density at radius 1 is 1.15 bits per heavy atom. The van der Waals surface area contributed by atoms with Crippen LogP contribution in [0.15, 0.2) is 24.3 Å². The molecule has 1 aromatic carbocycles. The zero-order chi connectivity index (χ0) is 19.0. The number of carbonyl (C=O) groups is 1. The largest absolute Gasteiger partial charge is 0.340 e. The maximum Gasteiger partial charge on any atom is 0.224 e. The number of nitrogens with zero attached hydrogens (tertiary/aromatic N) is 6. The van der Waals surface area contributed by atoms with E-state index < -0.39 is 0 Å². The van der Waals surface area contributed by atoms with E-state index in [1.54, 1.807) is 0 Å². The number of para-hydroxylation sites is 2. The van der Waals surface area contributed by atoms with Crippen LogP contribution in [0.5, 0.6) is 0 Å². The van der Waals surface area contributed by atoms with Gasteiger partial charge in [-0.2, -0.15) is 0 Å². The molecule has 3 aromatic rings. The van der Waals surface area contributed by atoms with E-state index in [-0.39, 0.29) is 5.91 Å². The minimum Gasteiger partial charge on any atom is -0.340 e. The predicted octanol–water partition coefficient (Wildman–Crippen LogP) is 2.53. The van der Waals surface area contributed by atoms with Gasteiger partial charge in [-0.15, -0.1) is 10.2 Å². The minimum absolute atomic E-state index is 0.192. The third-order valence-electron chi connectivity index (χ3n) is 5.32. The molecule has 1 aliphatic heterocycles. The summed E-state index contributed by atoms with van der Waals surface area (Å²) in [7, 11) is 0. The van der Waals surface area contributed by atoms with Crippen LogP contribution < -0.4 is 0 Å². The van der Waals surface area contributed by atoms with Crippen LogP contribution in [0.25, 0.3) is 11.0 Å². The summed E-state index contributed by atoms with van der Waals surface area (Å²) in [4.78, 5) is 19.4. The van der Waals surface area contributed by atoms with E-state index in [4.69, 9.17) is 0 Å². The second kappa shape index (κ2) is 7.13. The summed E-state index contributed by atoms with van der Waals surface area (Å²) in [6, 6.07) is 8.08. The number of aromatic nitrogens is 5. The van der Waals surface area contributed by atoms with E-state index in [1.807, 2.05) is 30.0 Å². The predicted molar refractivity (Wildman–Crippen MR) is 103 cm³/mol. The number of aryl methyl sites for hydroxylation is 2. The van der Waals surface area contributed by atoms with E-state index >= 15 is 0 Å². The Labute approximate surface area is 159 Å². The van der Waals surface area contributed by atoms with Crippen LogP contribution in [0, 0.1) is 6.92 Å². The first-order valence-corrected chi connectivity index (χ1v) is 9.66. The van der Waals surface area contributed by atoms with E-state index in [1.165, 1.54) is 0 Å². The van der Waals surface area contributed by atoms with Crippen molar-refractivity contribution in [2.24, 2.45) is 0 Å². The third-order valence-corrected chi connectivity index (χ3v) is 5.32. The lowest BCUT2D eigenvalue weighted by Gasteiger charge is -2.20. The molecule has 4 rings (SSSR count). The van der Waals surface area contributed by atoms with Gasteiger partial charge in [-0.05, 0) is 19.1 Å². The molecule has 7 nitrogen and oxygen atoms in total. The lowest BCUT2D eigenvalue weighted by atomic mass is 10.2. The smallest absolute Gasteiger partial charge is 0.224 e. The van der Waals surface area contributed by atoms with Crippen molar-refractivity contribution >= 4 is 16.9 Å². The number of amides is 1. The number of benzene rings is 1. The average Bonchev–Trinajstić information content (AvgIpc) is 3.13. The molecule has 27 heavy (non-hydrogen) atoms. The number of fused-ring (bicyclic) bond motifs is 2. The van der Waals surface area contributed by atoms with Crippen molar-refractivity contribution in [1.29, 1.82) is 0 Å². The fourth-order valence-corrected chi connectivity index (χ4v) is 3.87. The van der Waals surface area contributed by atoms with Crippen molar-refractivity contribution in [3.63, 3.8) is 0 Å². The number of rotatable bonds is 4. The van der Waals surface area contributed by atoms with Crippen LogP contribution in [0.3, 0.4) is 0 Å². The Morgan fingerprint density at radius 3 is 2.78 bits per heavy atom. The Morgan fingerprint density at radius 2 is 1.96 bits per heavy atom. The molecule has 0 spiro atoms. The van der Waals surface area contributed by atoms with Crippen molar-refractivity contribution in [2.75, 3.05) is 13.1 Å². The van der Waals surface area contributed by atoms with Crippen molar-refractivity contribution < 1.29 is 4.79 Å². The van der Waals surface area contributed by atoms with Gasteiger partial charge in [0.1, 0.15) is 17.5 Å². The first-order chi connectivity index (χ1) is 13.0. The average molecular weight is 366 g/mol. The molecule has 1 amide bonds. The first-order valence-electron chi connectivity index (χ1n) is 9.66. The first kappa shape index (κ1) is 17.7. The Hall–Kier alpha value is -2.70. The molecule has 0 saturated carbocycles. The molecule has 0 aliphatic carbocycles. The fourth-order valence-electron chi connectivity index (χ4n) is 3.87. The molecular formula is C20H26N6O. The molecule has 0 fully saturated rings. The zero-order valence-corrected chi connectivity index (χ0v) is 16.2. The molecule has 1 aliphatic rings. The van der Waals surface area contributed by atoms with Gasteiger partial charge in [-0.25, -0.2) is 4.98 Å². The summed E-state index contributed by atoms with van der Waals surface area (Å²) in [5, 5.41) is 8.64. The Balaban J connectivity index is 1.43. The number of imidazole rings is 1. The van der Waals surface area contributed by atoms with Gasteiger partial charge in [-0.1, -0.05) is 26.0 Å². The third kappa shape index (κ3) is 3.34. The van der Waals surface area contributed by atoms with Crippen molar-refractivity contribution in [3.05, 3.63) is 41.7 Å². The van der Waals surface area contributed by atoms with Crippen LogP contribution in [-0.2, 0) is 24.3 Å². The molecule has 0 radical (unpaired) electrons.